The molecule has 0 aromatic carbocycles. The number of nitrogens with one attached hydrogen (secondary N) is 1. The minimum Gasteiger partial charge on any atom is -0.299 e. The normalized spacial score (nSPS) is 13.1. The van der Waals surface area contributed by atoms with Crippen LogP contribution in [0.4, 0.5) is 0 Å². The summed E-state index contributed by atoms with van der Waals surface area (Å²) in [6, 6.07) is 4.36. The molecule has 1 atom stereocenters. The quantitative estimate of drug-likeness (QED) is 0.473. The van der Waals surface area contributed by atoms with Crippen molar-refractivity contribution in [1.29, 1.82) is 0 Å². The number of rotatable bonds is 6. The average molecular weight is 269 g/mol. The third kappa shape index (κ3) is 4.40. The number of nitrogens with two attached hydrogens (primary N) is 1. The van der Waals surface area contributed by atoms with Crippen LogP contribution in [0.3, 0.4) is 0 Å². The van der Waals surface area contributed by atoms with Gasteiger partial charge in [0.1, 0.15) is 0 Å². The van der Waals surface area contributed by atoms with Crippen molar-refractivity contribution in [1.82, 2.24) is 10.3 Å². The molecule has 0 saturated carbocycles. The van der Waals surface area contributed by atoms with Crippen molar-refractivity contribution in [2.45, 2.75) is 39.8 Å². The Morgan fingerprint density at radius 3 is 2.67 bits per heavy atom. The predicted molar refractivity (Wildman–Crippen MR) is 76.4 cm³/mol. The van der Waals surface area contributed by atoms with Crippen LogP contribution in [0.5, 0.6) is 0 Å². The first-order chi connectivity index (χ1) is 8.43. The van der Waals surface area contributed by atoms with Gasteiger partial charge in [0.05, 0.1) is 4.88 Å². The zero-order valence-electron chi connectivity index (χ0n) is 11.6. The Morgan fingerprint density at radius 2 is 2.11 bits per heavy atom. The molecule has 1 heterocycles. The van der Waals surface area contributed by atoms with Gasteiger partial charge in [-0.05, 0) is 38.4 Å². The van der Waals surface area contributed by atoms with Crippen LogP contribution < -0.4 is 11.3 Å². The summed E-state index contributed by atoms with van der Waals surface area (Å²) in [5, 5.41) is 0. The van der Waals surface area contributed by atoms with Crippen LogP contribution in [0.25, 0.3) is 0 Å². The van der Waals surface area contributed by atoms with E-state index >= 15 is 0 Å². The third-order valence-electron chi connectivity index (χ3n) is 2.99. The summed E-state index contributed by atoms with van der Waals surface area (Å²) >= 11 is 1.50. The molecule has 4 nitrogen and oxygen atoms in total. The lowest BCUT2D eigenvalue weighted by Gasteiger charge is -2.25. The molecule has 1 amide bonds. The van der Waals surface area contributed by atoms with Crippen LogP contribution in [0.15, 0.2) is 12.1 Å². The van der Waals surface area contributed by atoms with Gasteiger partial charge < -0.3 is 0 Å². The summed E-state index contributed by atoms with van der Waals surface area (Å²) in [6.45, 7) is 7.58. The topological polar surface area (TPSA) is 58.4 Å². The molecule has 0 fully saturated rings. The summed E-state index contributed by atoms with van der Waals surface area (Å²) in [6.07, 6.45) is 1.18. The predicted octanol–water partition coefficient (Wildman–Crippen LogP) is 2.22. The van der Waals surface area contributed by atoms with Crippen LogP contribution in [0.1, 0.15) is 41.7 Å². The third-order valence-corrected chi connectivity index (χ3v) is 4.06. The first-order valence-corrected chi connectivity index (χ1v) is 7.05. The lowest BCUT2D eigenvalue weighted by molar-refractivity contribution is 0.0957. The molecular weight excluding hydrogens is 246 g/mol. The van der Waals surface area contributed by atoms with Crippen LogP contribution in [0, 0.1) is 5.92 Å². The molecule has 0 spiro atoms. The van der Waals surface area contributed by atoms with E-state index in [0.29, 0.717) is 16.8 Å². The lowest BCUT2D eigenvalue weighted by atomic mass is 10.0. The van der Waals surface area contributed by atoms with E-state index in [1.165, 1.54) is 22.6 Å². The molecule has 0 aliphatic carbocycles. The SMILES string of the molecule is CC(C)CC(C)N(C)Cc1ccc(C(=O)NN)s1. The fraction of sp³-hybridized carbons (Fsp3) is 0.615. The molecule has 1 unspecified atom stereocenters. The van der Waals surface area contributed by atoms with Gasteiger partial charge in [0.15, 0.2) is 0 Å². The number of hydrogen-bond donors (Lipinski definition) is 2. The molecule has 0 radical (unpaired) electrons. The van der Waals surface area contributed by atoms with Crippen molar-refractivity contribution < 1.29 is 4.79 Å². The van der Waals surface area contributed by atoms with Crippen molar-refractivity contribution in [3.63, 3.8) is 0 Å². The number of hydrogen-bond acceptors (Lipinski definition) is 4. The van der Waals surface area contributed by atoms with Crippen molar-refractivity contribution in [3.8, 4) is 0 Å². The van der Waals surface area contributed by atoms with Gasteiger partial charge in [0, 0.05) is 17.5 Å². The van der Waals surface area contributed by atoms with Crippen LogP contribution in [-0.4, -0.2) is 23.9 Å². The fourth-order valence-electron chi connectivity index (χ4n) is 1.92. The van der Waals surface area contributed by atoms with E-state index in [0.717, 1.165) is 6.54 Å². The molecule has 1 aromatic heterocycles. The molecule has 0 saturated heterocycles. The summed E-state index contributed by atoms with van der Waals surface area (Å²) in [4.78, 5) is 15.5. The maximum absolute atomic E-state index is 11.4. The van der Waals surface area contributed by atoms with Crippen molar-refractivity contribution in [2.75, 3.05) is 7.05 Å². The molecule has 0 aliphatic heterocycles. The molecule has 0 aliphatic rings. The number of thiophene rings is 1. The van der Waals surface area contributed by atoms with E-state index in [1.807, 2.05) is 12.1 Å². The molecule has 1 aromatic rings. The van der Waals surface area contributed by atoms with E-state index in [9.17, 15) is 4.79 Å². The highest BCUT2D eigenvalue weighted by atomic mass is 32.1. The Morgan fingerprint density at radius 1 is 1.44 bits per heavy atom. The number of nitrogens with zero attached hydrogens (tertiary/aromatic N) is 1. The van der Waals surface area contributed by atoms with Gasteiger partial charge in [-0.2, -0.15) is 0 Å². The van der Waals surface area contributed by atoms with Gasteiger partial charge in [-0.3, -0.25) is 15.1 Å². The molecule has 3 N–H and O–H groups in total. The number of carbonyl (C=O) groups excluding carboxylic acids is 1. The van der Waals surface area contributed by atoms with Crippen LogP contribution in [0.2, 0.25) is 0 Å². The molecule has 102 valence electrons. The Bertz CT molecular complexity index is 389. The zero-order valence-corrected chi connectivity index (χ0v) is 12.4. The largest absolute Gasteiger partial charge is 0.299 e. The van der Waals surface area contributed by atoms with E-state index in [2.05, 4.69) is 38.1 Å². The number of hydrazine groups is 1. The van der Waals surface area contributed by atoms with Crippen LogP contribution in [-0.2, 0) is 6.54 Å². The maximum Gasteiger partial charge on any atom is 0.275 e. The van der Waals surface area contributed by atoms with Crippen molar-refractivity contribution in [2.24, 2.45) is 11.8 Å². The summed E-state index contributed by atoms with van der Waals surface area (Å²) in [5.41, 5.74) is 2.15. The highest BCUT2D eigenvalue weighted by Gasteiger charge is 2.13. The van der Waals surface area contributed by atoms with E-state index in [4.69, 9.17) is 5.84 Å². The first-order valence-electron chi connectivity index (χ1n) is 6.24. The van der Waals surface area contributed by atoms with Gasteiger partial charge in [-0.1, -0.05) is 13.8 Å². The second-order valence-electron chi connectivity index (χ2n) is 5.13. The minimum atomic E-state index is -0.218. The number of amides is 1. The van der Waals surface area contributed by atoms with Crippen LogP contribution >= 0.6 is 11.3 Å². The van der Waals surface area contributed by atoms with Crippen molar-refractivity contribution >= 4 is 17.2 Å². The second kappa shape index (κ2) is 6.87. The van der Waals surface area contributed by atoms with Gasteiger partial charge in [-0.15, -0.1) is 11.3 Å². The Kier molecular flexibility index (Phi) is 5.78. The standard InChI is InChI=1S/C13H23N3OS/c1-9(2)7-10(3)16(4)8-11-5-6-12(18-11)13(17)15-14/h5-6,9-10H,7-8,14H2,1-4H3,(H,15,17). The second-order valence-corrected chi connectivity index (χ2v) is 6.30. The molecule has 1 rings (SSSR count). The molecular formula is C13H23N3OS. The maximum atomic E-state index is 11.4. The highest BCUT2D eigenvalue weighted by molar-refractivity contribution is 7.14. The lowest BCUT2D eigenvalue weighted by Crippen LogP contribution is -2.29. The molecule has 5 heteroatoms. The fourth-order valence-corrected chi connectivity index (χ4v) is 2.89. The molecule has 18 heavy (non-hydrogen) atoms. The highest BCUT2D eigenvalue weighted by Crippen LogP contribution is 2.20. The van der Waals surface area contributed by atoms with Gasteiger partial charge >= 0.3 is 0 Å². The van der Waals surface area contributed by atoms with E-state index in [-0.39, 0.29) is 5.91 Å². The Labute approximate surface area is 113 Å². The smallest absolute Gasteiger partial charge is 0.275 e. The average Bonchev–Trinajstić information content (AvgIpc) is 2.75. The summed E-state index contributed by atoms with van der Waals surface area (Å²) < 4.78 is 0. The summed E-state index contributed by atoms with van der Waals surface area (Å²) in [5.74, 6) is 5.59. The van der Waals surface area contributed by atoms with Crippen molar-refractivity contribution in [3.05, 3.63) is 21.9 Å². The molecule has 0 bridgehead atoms. The number of carbonyl (C=O) groups is 1. The Balaban J connectivity index is 2.56. The van der Waals surface area contributed by atoms with Gasteiger partial charge in [-0.25, -0.2) is 5.84 Å². The van der Waals surface area contributed by atoms with Gasteiger partial charge in [0.2, 0.25) is 0 Å². The Hall–Kier alpha value is -0.910. The monoisotopic (exact) mass is 269 g/mol. The zero-order chi connectivity index (χ0) is 13.7. The minimum absolute atomic E-state index is 0.218. The van der Waals surface area contributed by atoms with Gasteiger partial charge in [0.25, 0.3) is 5.91 Å². The van der Waals surface area contributed by atoms with E-state index < -0.39 is 0 Å². The summed E-state index contributed by atoms with van der Waals surface area (Å²) in [7, 11) is 2.12. The first kappa shape index (κ1) is 15.1. The number of nitrogen functional groups attached to an aromatic ring is 1. The van der Waals surface area contributed by atoms with E-state index in [1.54, 1.807) is 0 Å².